The minimum absolute atomic E-state index is 0.133. The van der Waals surface area contributed by atoms with Crippen molar-refractivity contribution in [3.63, 3.8) is 0 Å². The fourth-order valence-corrected chi connectivity index (χ4v) is 5.38. The Morgan fingerprint density at radius 3 is 1.79 bits per heavy atom. The number of ether oxygens (including phenoxy) is 1. The third-order valence-corrected chi connectivity index (χ3v) is 6.18. The van der Waals surface area contributed by atoms with Crippen molar-refractivity contribution in [2.75, 3.05) is 0 Å². The van der Waals surface area contributed by atoms with E-state index in [2.05, 4.69) is 6.58 Å². The van der Waals surface area contributed by atoms with E-state index in [0.717, 1.165) is 0 Å². The van der Waals surface area contributed by atoms with Crippen LogP contribution in [-0.4, -0.2) is 32.6 Å². The van der Waals surface area contributed by atoms with E-state index in [0.29, 0.717) is 24.0 Å². The van der Waals surface area contributed by atoms with Crippen LogP contribution in [0.15, 0.2) is 12.2 Å². The highest BCUT2D eigenvalue weighted by atomic mass is 28.4. The molecule has 0 radical (unpaired) electrons. The highest BCUT2D eigenvalue weighted by Crippen LogP contribution is 2.28. The van der Waals surface area contributed by atoms with Crippen LogP contribution in [0.2, 0.25) is 12.6 Å². The van der Waals surface area contributed by atoms with Crippen LogP contribution in [0, 0.1) is 11.8 Å². The van der Waals surface area contributed by atoms with E-state index in [-0.39, 0.29) is 12.0 Å². The van der Waals surface area contributed by atoms with Gasteiger partial charge in [-0.05, 0) is 25.2 Å². The summed E-state index contributed by atoms with van der Waals surface area (Å²) in [7, 11) is -3.04. The van der Waals surface area contributed by atoms with Crippen LogP contribution in [-0.2, 0) is 28.0 Å². The molecule has 138 valence electrons. The van der Waals surface area contributed by atoms with Crippen LogP contribution in [0.1, 0.15) is 48.0 Å². The fraction of sp³-hybridized carbons (Fsp3) is 0.706. The van der Waals surface area contributed by atoms with Crippen LogP contribution in [0.3, 0.4) is 0 Å². The van der Waals surface area contributed by atoms with Crippen LogP contribution in [0.4, 0.5) is 0 Å². The molecular formula is C17H30O6Si. The lowest BCUT2D eigenvalue weighted by Gasteiger charge is -2.31. The summed E-state index contributed by atoms with van der Waals surface area (Å²) in [5, 5.41) is 0. The number of hydrogen-bond donors (Lipinski definition) is 0. The van der Waals surface area contributed by atoms with Crippen molar-refractivity contribution < 1.29 is 28.0 Å². The van der Waals surface area contributed by atoms with Gasteiger partial charge < -0.3 is 13.6 Å². The molecule has 0 amide bonds. The summed E-state index contributed by atoms with van der Waals surface area (Å²) in [6.07, 6.45) is 0.289. The van der Waals surface area contributed by atoms with Gasteiger partial charge in [0, 0.05) is 32.0 Å². The largest absolute Gasteiger partial charge is 0.485 e. The van der Waals surface area contributed by atoms with E-state index in [1.54, 1.807) is 13.5 Å². The normalized spacial score (nSPS) is 13.8. The van der Waals surface area contributed by atoms with Gasteiger partial charge in [-0.15, -0.1) is 0 Å². The lowest BCUT2D eigenvalue weighted by Crippen LogP contribution is -2.45. The molecule has 0 bridgehead atoms. The highest BCUT2D eigenvalue weighted by Gasteiger charge is 2.42. The summed E-state index contributed by atoms with van der Waals surface area (Å²) >= 11 is 0. The summed E-state index contributed by atoms with van der Waals surface area (Å²) in [4.78, 5) is 34.6. The summed E-state index contributed by atoms with van der Waals surface area (Å²) in [6.45, 7) is 15.4. The van der Waals surface area contributed by atoms with Crippen LogP contribution < -0.4 is 0 Å². The third-order valence-electron chi connectivity index (χ3n) is 3.36. The Morgan fingerprint density at radius 2 is 1.46 bits per heavy atom. The van der Waals surface area contributed by atoms with Crippen LogP contribution in [0.5, 0.6) is 0 Å². The van der Waals surface area contributed by atoms with Gasteiger partial charge in [0.25, 0.3) is 11.9 Å². The minimum atomic E-state index is -3.04. The molecule has 6 nitrogen and oxygen atoms in total. The van der Waals surface area contributed by atoms with Crippen molar-refractivity contribution in [2.45, 2.75) is 66.7 Å². The molecule has 0 aliphatic rings. The third kappa shape index (κ3) is 8.86. The zero-order valence-electron chi connectivity index (χ0n) is 15.8. The van der Waals surface area contributed by atoms with E-state index >= 15 is 0 Å². The summed E-state index contributed by atoms with van der Waals surface area (Å²) in [5.74, 6) is -1.25. The maximum Gasteiger partial charge on any atom is 0.461 e. The number of carbonyl (C=O) groups is 3. The second kappa shape index (κ2) is 9.61. The van der Waals surface area contributed by atoms with E-state index in [1.165, 1.54) is 13.8 Å². The minimum Gasteiger partial charge on any atom is -0.485 e. The van der Waals surface area contributed by atoms with Crippen molar-refractivity contribution >= 4 is 26.5 Å². The summed E-state index contributed by atoms with van der Waals surface area (Å²) in [5.41, 5.74) is 0.330. The molecule has 0 aromatic carbocycles. The molecule has 0 aromatic heterocycles. The molecule has 0 spiro atoms. The molecule has 7 heteroatoms. The summed E-state index contributed by atoms with van der Waals surface area (Å²) < 4.78 is 16.2. The van der Waals surface area contributed by atoms with Gasteiger partial charge in [0.15, 0.2) is 0 Å². The fourth-order valence-electron chi connectivity index (χ4n) is 2.53. The Kier molecular flexibility index (Phi) is 8.96. The standard InChI is InChI=1S/C17H30O6Si/c1-11(2)9-16(21-17(20)12(3)4)13(5)10-24(8,22-14(6)18)23-15(7)19/h11,13,16H,3,9-10H2,1-2,4-8H3. The Morgan fingerprint density at radius 1 is 1.00 bits per heavy atom. The Labute approximate surface area is 145 Å². The molecule has 2 unspecified atom stereocenters. The predicted molar refractivity (Wildman–Crippen MR) is 93.3 cm³/mol. The second-order valence-corrected chi connectivity index (χ2v) is 9.94. The molecule has 2 atom stereocenters. The van der Waals surface area contributed by atoms with Crippen molar-refractivity contribution in [1.82, 2.24) is 0 Å². The van der Waals surface area contributed by atoms with Gasteiger partial charge >= 0.3 is 14.5 Å². The number of rotatable bonds is 9. The molecule has 0 N–H and O–H groups in total. The van der Waals surface area contributed by atoms with E-state index in [4.69, 9.17) is 13.6 Å². The zero-order valence-corrected chi connectivity index (χ0v) is 16.8. The maximum absolute atomic E-state index is 11.9. The van der Waals surface area contributed by atoms with Gasteiger partial charge in [0.05, 0.1) is 0 Å². The number of esters is 1. The van der Waals surface area contributed by atoms with Gasteiger partial charge in [-0.2, -0.15) is 0 Å². The van der Waals surface area contributed by atoms with Crippen molar-refractivity contribution in [2.24, 2.45) is 11.8 Å². The van der Waals surface area contributed by atoms with Crippen molar-refractivity contribution in [3.8, 4) is 0 Å². The molecule has 0 saturated carbocycles. The van der Waals surface area contributed by atoms with E-state index < -0.39 is 26.5 Å². The quantitative estimate of drug-likeness (QED) is 0.357. The van der Waals surface area contributed by atoms with Gasteiger partial charge in [0.1, 0.15) is 6.10 Å². The van der Waals surface area contributed by atoms with E-state index in [1.807, 2.05) is 20.8 Å². The SMILES string of the molecule is C=C(C)C(=O)OC(CC(C)C)C(C)C[Si](C)(OC(C)=O)OC(C)=O. The van der Waals surface area contributed by atoms with Gasteiger partial charge in [-0.1, -0.05) is 27.4 Å². The van der Waals surface area contributed by atoms with Gasteiger partial charge in [-0.3, -0.25) is 9.59 Å². The van der Waals surface area contributed by atoms with Crippen LogP contribution in [0.25, 0.3) is 0 Å². The molecule has 0 aliphatic heterocycles. The first kappa shape index (κ1) is 22.4. The summed E-state index contributed by atoms with van der Waals surface area (Å²) in [6, 6.07) is 0.354. The molecular weight excluding hydrogens is 328 g/mol. The topological polar surface area (TPSA) is 78.9 Å². The van der Waals surface area contributed by atoms with Gasteiger partial charge in [-0.25, -0.2) is 4.79 Å². The molecule has 24 heavy (non-hydrogen) atoms. The molecule has 0 saturated heterocycles. The Bertz CT molecular complexity index is 469. The molecule has 0 fully saturated rings. The smallest absolute Gasteiger partial charge is 0.461 e. The molecule has 0 heterocycles. The van der Waals surface area contributed by atoms with Crippen molar-refractivity contribution in [1.29, 1.82) is 0 Å². The average Bonchev–Trinajstić information content (AvgIpc) is 2.34. The van der Waals surface area contributed by atoms with Gasteiger partial charge in [0.2, 0.25) is 0 Å². The monoisotopic (exact) mass is 358 g/mol. The second-order valence-electron chi connectivity index (χ2n) is 6.86. The number of carbonyl (C=O) groups excluding carboxylic acids is 3. The Balaban J connectivity index is 5.24. The molecule has 0 aromatic rings. The first-order chi connectivity index (χ1) is 10.9. The lowest BCUT2D eigenvalue weighted by atomic mass is 9.97. The molecule has 0 aliphatic carbocycles. The van der Waals surface area contributed by atoms with Crippen molar-refractivity contribution in [3.05, 3.63) is 12.2 Å². The van der Waals surface area contributed by atoms with E-state index in [9.17, 15) is 14.4 Å². The molecule has 0 rings (SSSR count). The maximum atomic E-state index is 11.9. The lowest BCUT2D eigenvalue weighted by molar-refractivity contribution is -0.148. The first-order valence-electron chi connectivity index (χ1n) is 8.12. The Hall–Kier alpha value is -1.63. The van der Waals surface area contributed by atoms with Crippen LogP contribution >= 0.6 is 0 Å². The number of hydrogen-bond acceptors (Lipinski definition) is 6. The predicted octanol–water partition coefficient (Wildman–Crippen LogP) is 3.35. The average molecular weight is 359 g/mol. The highest BCUT2D eigenvalue weighted by molar-refractivity contribution is 6.69. The zero-order chi connectivity index (χ0) is 19.1. The first-order valence-corrected chi connectivity index (χ1v) is 10.6.